The van der Waals surface area contributed by atoms with Gasteiger partial charge in [-0.1, -0.05) is 29.3 Å². The van der Waals surface area contributed by atoms with Crippen molar-refractivity contribution in [3.8, 4) is 0 Å². The number of carbonyl (C=O) groups excluding carboxylic acids is 1. The lowest BCUT2D eigenvalue weighted by Crippen LogP contribution is -2.59. The lowest BCUT2D eigenvalue weighted by atomic mass is 9.96. The van der Waals surface area contributed by atoms with Gasteiger partial charge < -0.3 is 25.2 Å². The lowest BCUT2D eigenvalue weighted by Gasteiger charge is -2.38. The van der Waals surface area contributed by atoms with Gasteiger partial charge in [-0.3, -0.25) is 4.68 Å². The molecule has 0 saturated carbocycles. The molecule has 5 atom stereocenters. The molecule has 2 aliphatic heterocycles. The Morgan fingerprint density at radius 1 is 1.35 bits per heavy atom. The number of benzene rings is 1. The zero-order valence-electron chi connectivity index (χ0n) is 13.4. The Hall–Kier alpha value is -1.84. The van der Waals surface area contributed by atoms with Gasteiger partial charge in [0.1, 0.15) is 18.2 Å². The van der Waals surface area contributed by atoms with Gasteiger partial charge in [0, 0.05) is 16.9 Å². The van der Waals surface area contributed by atoms with Gasteiger partial charge >= 0.3 is 6.03 Å². The Kier molecular flexibility index (Phi) is 4.76. The number of anilines is 1. The molecular formula is C16H16Cl2N4O4. The zero-order chi connectivity index (χ0) is 18.3. The van der Waals surface area contributed by atoms with E-state index in [1.807, 2.05) is 0 Å². The van der Waals surface area contributed by atoms with Crippen molar-refractivity contribution in [3.63, 3.8) is 0 Å². The molecule has 0 radical (unpaired) electrons. The molecule has 10 heteroatoms. The average molecular weight is 399 g/mol. The predicted octanol–water partition coefficient (Wildman–Crippen LogP) is 2.04. The molecule has 2 saturated heterocycles. The number of aliphatic hydroxyl groups excluding tert-OH is 1. The molecule has 0 aliphatic carbocycles. The molecule has 0 spiro atoms. The topological polar surface area (TPSA) is 97.6 Å². The monoisotopic (exact) mass is 398 g/mol. The van der Waals surface area contributed by atoms with E-state index in [0.717, 1.165) is 0 Å². The normalized spacial score (nSPS) is 30.2. The maximum atomic E-state index is 12.3. The summed E-state index contributed by atoms with van der Waals surface area (Å²) >= 11 is 11.8. The van der Waals surface area contributed by atoms with Crippen molar-refractivity contribution in [2.45, 2.75) is 30.6 Å². The molecule has 0 unspecified atom stereocenters. The number of amides is 2. The molecule has 2 aliphatic rings. The van der Waals surface area contributed by atoms with Crippen molar-refractivity contribution < 1.29 is 19.4 Å². The van der Waals surface area contributed by atoms with Crippen LogP contribution < -0.4 is 10.6 Å². The first-order valence-electron chi connectivity index (χ1n) is 7.99. The van der Waals surface area contributed by atoms with E-state index in [2.05, 4.69) is 15.7 Å². The molecule has 1 aromatic carbocycles. The Balaban J connectivity index is 1.49. The summed E-state index contributed by atoms with van der Waals surface area (Å²) in [6, 6.07) is 4.98. The highest BCUT2D eigenvalue weighted by molar-refractivity contribution is 6.31. The van der Waals surface area contributed by atoms with E-state index >= 15 is 0 Å². The van der Waals surface area contributed by atoms with Crippen molar-refractivity contribution in [1.82, 2.24) is 15.1 Å². The van der Waals surface area contributed by atoms with Crippen LogP contribution in [0.3, 0.4) is 0 Å². The average Bonchev–Trinajstić information content (AvgIpc) is 3.20. The fourth-order valence-electron chi connectivity index (χ4n) is 3.22. The molecule has 3 N–H and O–H groups in total. The van der Waals surface area contributed by atoms with E-state index in [4.69, 9.17) is 32.7 Å². The van der Waals surface area contributed by atoms with Crippen LogP contribution in [0.25, 0.3) is 0 Å². The van der Waals surface area contributed by atoms with E-state index in [0.29, 0.717) is 15.7 Å². The van der Waals surface area contributed by atoms with Crippen LogP contribution in [0, 0.1) is 0 Å². The summed E-state index contributed by atoms with van der Waals surface area (Å²) in [6.45, 7) is 0.259. The van der Waals surface area contributed by atoms with Crippen LogP contribution in [-0.4, -0.2) is 52.1 Å². The number of hydrogen-bond acceptors (Lipinski definition) is 5. The summed E-state index contributed by atoms with van der Waals surface area (Å²) in [5.41, 5.74) is 0.539. The van der Waals surface area contributed by atoms with Gasteiger partial charge in [-0.05, 0) is 18.2 Å². The molecule has 138 valence electrons. The van der Waals surface area contributed by atoms with E-state index in [9.17, 15) is 9.90 Å². The van der Waals surface area contributed by atoms with Crippen molar-refractivity contribution in [3.05, 3.63) is 46.7 Å². The van der Waals surface area contributed by atoms with E-state index in [1.54, 1.807) is 30.5 Å². The van der Waals surface area contributed by atoms with Crippen LogP contribution >= 0.6 is 23.2 Å². The summed E-state index contributed by atoms with van der Waals surface area (Å²) < 4.78 is 12.9. The smallest absolute Gasteiger partial charge is 0.319 e. The van der Waals surface area contributed by atoms with E-state index in [-0.39, 0.29) is 6.61 Å². The van der Waals surface area contributed by atoms with Crippen LogP contribution in [0.1, 0.15) is 6.04 Å². The second kappa shape index (κ2) is 7.05. The number of aliphatic hydroxyl groups is 1. The van der Waals surface area contributed by atoms with Crippen LogP contribution in [0.15, 0.2) is 36.7 Å². The molecule has 4 rings (SSSR count). The van der Waals surface area contributed by atoms with Crippen LogP contribution in [0.4, 0.5) is 10.5 Å². The summed E-state index contributed by atoms with van der Waals surface area (Å²) in [5.74, 6) is 0. The van der Waals surface area contributed by atoms with Gasteiger partial charge in [-0.2, -0.15) is 5.10 Å². The highest BCUT2D eigenvalue weighted by Gasteiger charge is 2.51. The lowest BCUT2D eigenvalue weighted by molar-refractivity contribution is -0.166. The maximum absolute atomic E-state index is 12.3. The number of nitrogens with zero attached hydrogens (tertiary/aromatic N) is 2. The molecule has 8 nitrogen and oxygen atoms in total. The molecule has 2 bridgehead atoms. The summed E-state index contributed by atoms with van der Waals surface area (Å²) in [7, 11) is 0. The number of nitrogens with one attached hydrogen (secondary N) is 2. The second-order valence-corrected chi connectivity index (χ2v) is 7.00. The highest BCUT2D eigenvalue weighted by atomic mass is 35.5. The van der Waals surface area contributed by atoms with Crippen LogP contribution in [0.2, 0.25) is 10.0 Å². The summed E-state index contributed by atoms with van der Waals surface area (Å²) in [5, 5.41) is 21.3. The van der Waals surface area contributed by atoms with E-state index in [1.165, 1.54) is 10.9 Å². The minimum absolute atomic E-state index is 0.259. The molecule has 2 amide bonds. The number of halogens is 2. The number of urea groups is 1. The van der Waals surface area contributed by atoms with Gasteiger partial charge in [0.25, 0.3) is 0 Å². The zero-order valence-corrected chi connectivity index (χ0v) is 14.9. The van der Waals surface area contributed by atoms with Crippen molar-refractivity contribution in [1.29, 1.82) is 0 Å². The first kappa shape index (κ1) is 17.6. The molecule has 2 aromatic rings. The van der Waals surface area contributed by atoms with Crippen molar-refractivity contribution >= 4 is 34.9 Å². The number of fused-ring (bicyclic) bond motifs is 2. The van der Waals surface area contributed by atoms with Gasteiger partial charge in [0.15, 0.2) is 6.29 Å². The molecule has 1 aromatic heterocycles. The van der Waals surface area contributed by atoms with Crippen molar-refractivity contribution in [2.24, 2.45) is 0 Å². The minimum atomic E-state index is -0.970. The Morgan fingerprint density at radius 3 is 2.92 bits per heavy atom. The Bertz CT molecular complexity index is 817. The number of ether oxygens (including phenoxy) is 2. The Labute approximate surface area is 159 Å². The molecule has 3 heterocycles. The van der Waals surface area contributed by atoms with Gasteiger partial charge in [-0.15, -0.1) is 0 Å². The van der Waals surface area contributed by atoms with E-state index < -0.39 is 36.6 Å². The third kappa shape index (κ3) is 3.38. The second-order valence-electron chi connectivity index (χ2n) is 6.13. The maximum Gasteiger partial charge on any atom is 0.319 e. The number of rotatable bonds is 3. The van der Waals surface area contributed by atoms with Gasteiger partial charge in [-0.25, -0.2) is 4.79 Å². The minimum Gasteiger partial charge on any atom is -0.388 e. The Morgan fingerprint density at radius 2 is 2.19 bits per heavy atom. The largest absolute Gasteiger partial charge is 0.388 e. The SMILES string of the molecule is O=C(Nc1cccc(Cl)c1)N[C@H]1[C@H](O)[C@@H](n2cc(Cl)cn2)[C@@H]2OC[C@H]1O2. The quantitative estimate of drug-likeness (QED) is 0.734. The van der Waals surface area contributed by atoms with Crippen molar-refractivity contribution in [2.75, 3.05) is 11.9 Å². The number of carbonyl (C=O) groups is 1. The van der Waals surface area contributed by atoms with Crippen LogP contribution in [-0.2, 0) is 9.47 Å². The fourth-order valence-corrected chi connectivity index (χ4v) is 3.56. The summed E-state index contributed by atoms with van der Waals surface area (Å²) in [6.07, 6.45) is 0.956. The van der Waals surface area contributed by atoms with Gasteiger partial charge in [0.05, 0.1) is 23.9 Å². The standard InChI is InChI=1S/C16H16Cl2N4O4/c17-8-2-1-3-10(4-8)20-16(24)21-12-11-7-25-15(26-11)13(14(12)23)22-6-9(18)5-19-22/h1-6,11-15,23H,7H2,(H2,20,21,24)/t11-,12-,13-,14+,15-/m1/s1. The summed E-state index contributed by atoms with van der Waals surface area (Å²) in [4.78, 5) is 12.3. The first-order chi connectivity index (χ1) is 12.5. The highest BCUT2D eigenvalue weighted by Crippen LogP contribution is 2.35. The first-order valence-corrected chi connectivity index (χ1v) is 8.75. The molecule has 26 heavy (non-hydrogen) atoms. The number of hydrogen-bond donors (Lipinski definition) is 3. The van der Waals surface area contributed by atoms with Crippen LogP contribution in [0.5, 0.6) is 0 Å². The molecule has 2 fully saturated rings. The predicted molar refractivity (Wildman–Crippen MR) is 94.3 cm³/mol. The molecular weight excluding hydrogens is 383 g/mol. The number of aromatic nitrogens is 2. The third-order valence-corrected chi connectivity index (χ3v) is 4.82. The fraction of sp³-hybridized carbons (Fsp3) is 0.375. The van der Waals surface area contributed by atoms with Gasteiger partial charge in [0.2, 0.25) is 0 Å². The third-order valence-electron chi connectivity index (χ3n) is 4.39.